The summed E-state index contributed by atoms with van der Waals surface area (Å²) in [6.07, 6.45) is 0.836. The van der Waals surface area contributed by atoms with E-state index in [0.29, 0.717) is 5.13 Å². The van der Waals surface area contributed by atoms with Crippen molar-refractivity contribution in [2.45, 2.75) is 13.0 Å². The molecule has 2 aromatic rings. The van der Waals surface area contributed by atoms with Gasteiger partial charge < -0.3 is 5.32 Å². The van der Waals surface area contributed by atoms with Gasteiger partial charge >= 0.3 is 11.4 Å². The summed E-state index contributed by atoms with van der Waals surface area (Å²) in [5.41, 5.74) is 0.0133. The van der Waals surface area contributed by atoms with Crippen LogP contribution in [0.15, 0.2) is 9.59 Å². The molecule has 0 radical (unpaired) electrons. The van der Waals surface area contributed by atoms with Crippen LogP contribution in [0.4, 0.5) is 0 Å². The van der Waals surface area contributed by atoms with Gasteiger partial charge in [-0.15, -0.1) is 0 Å². The second-order valence-electron chi connectivity index (χ2n) is 3.49. The minimum atomic E-state index is -0.482. The Morgan fingerprint density at radius 2 is 2.00 bits per heavy atom. The molecular weight excluding hydrogens is 230 g/mol. The zero-order valence-corrected chi connectivity index (χ0v) is 9.06. The van der Waals surface area contributed by atoms with Crippen molar-refractivity contribution in [1.29, 1.82) is 0 Å². The Morgan fingerprint density at radius 3 is 2.69 bits per heavy atom. The van der Waals surface area contributed by atoms with Gasteiger partial charge in [-0.1, -0.05) is 11.3 Å². The first-order valence-corrected chi connectivity index (χ1v) is 5.67. The molecule has 0 amide bonds. The van der Waals surface area contributed by atoms with Crippen LogP contribution >= 0.6 is 11.3 Å². The standard InChI is InChI=1S/C8H9N5O2S/c14-6-11-12-7(15)13(6)8-10-4-1-2-9-3-5(4)16-8/h9H,1-3H2,(H,11,14)(H,12,15). The first kappa shape index (κ1) is 9.55. The maximum Gasteiger partial charge on any atom is 0.350 e. The van der Waals surface area contributed by atoms with Gasteiger partial charge in [0.25, 0.3) is 0 Å². The van der Waals surface area contributed by atoms with Crippen molar-refractivity contribution in [3.8, 4) is 5.13 Å². The summed E-state index contributed by atoms with van der Waals surface area (Å²) in [4.78, 5) is 28.2. The minimum Gasteiger partial charge on any atom is -0.311 e. The second kappa shape index (κ2) is 3.42. The average molecular weight is 239 g/mol. The fourth-order valence-corrected chi connectivity index (χ4v) is 2.77. The molecule has 0 aliphatic carbocycles. The van der Waals surface area contributed by atoms with Gasteiger partial charge in [-0.2, -0.15) is 4.57 Å². The zero-order chi connectivity index (χ0) is 11.1. The van der Waals surface area contributed by atoms with Gasteiger partial charge in [0, 0.05) is 24.4 Å². The number of H-pyrrole nitrogens is 2. The van der Waals surface area contributed by atoms with Gasteiger partial charge in [-0.05, 0) is 0 Å². The summed E-state index contributed by atoms with van der Waals surface area (Å²) < 4.78 is 1.02. The molecule has 0 fully saturated rings. The number of thiazole rings is 1. The lowest BCUT2D eigenvalue weighted by Gasteiger charge is -2.09. The molecule has 7 nitrogen and oxygen atoms in total. The number of aromatic nitrogens is 4. The summed E-state index contributed by atoms with van der Waals surface area (Å²) in [5.74, 6) is 0. The third kappa shape index (κ3) is 1.34. The Bertz CT molecular complexity index is 582. The molecule has 0 atom stereocenters. The number of nitrogens with zero attached hydrogens (tertiary/aromatic N) is 2. The van der Waals surface area contributed by atoms with Crippen LogP contribution in [0.1, 0.15) is 10.6 Å². The Morgan fingerprint density at radius 1 is 1.25 bits per heavy atom. The molecule has 0 spiro atoms. The largest absolute Gasteiger partial charge is 0.350 e. The molecule has 3 heterocycles. The minimum absolute atomic E-state index is 0.432. The Kier molecular flexibility index (Phi) is 2.04. The average Bonchev–Trinajstić information content (AvgIpc) is 2.82. The molecule has 0 saturated carbocycles. The predicted octanol–water partition coefficient (Wildman–Crippen LogP) is -1.04. The predicted molar refractivity (Wildman–Crippen MR) is 58.1 cm³/mol. The van der Waals surface area contributed by atoms with Crippen molar-refractivity contribution in [1.82, 2.24) is 25.1 Å². The highest BCUT2D eigenvalue weighted by Gasteiger charge is 2.17. The number of hydrogen-bond acceptors (Lipinski definition) is 5. The fraction of sp³-hybridized carbons (Fsp3) is 0.375. The summed E-state index contributed by atoms with van der Waals surface area (Å²) >= 11 is 1.37. The van der Waals surface area contributed by atoms with E-state index in [1.807, 2.05) is 0 Å². The van der Waals surface area contributed by atoms with E-state index >= 15 is 0 Å². The molecular formula is C8H9N5O2S. The maximum absolute atomic E-state index is 11.4. The molecule has 0 saturated heterocycles. The van der Waals surface area contributed by atoms with Crippen molar-refractivity contribution in [2.75, 3.05) is 6.54 Å². The number of rotatable bonds is 1. The lowest BCUT2D eigenvalue weighted by atomic mass is 10.2. The quantitative estimate of drug-likeness (QED) is 0.592. The second-order valence-corrected chi connectivity index (χ2v) is 4.55. The molecule has 3 rings (SSSR count). The van der Waals surface area contributed by atoms with Crippen LogP contribution in [-0.2, 0) is 13.0 Å². The van der Waals surface area contributed by atoms with E-state index in [2.05, 4.69) is 20.5 Å². The fourth-order valence-electron chi connectivity index (χ4n) is 1.69. The van der Waals surface area contributed by atoms with Crippen molar-refractivity contribution in [3.63, 3.8) is 0 Å². The topological polar surface area (TPSA) is 95.6 Å². The summed E-state index contributed by atoms with van der Waals surface area (Å²) in [5, 5.41) is 8.12. The van der Waals surface area contributed by atoms with E-state index in [0.717, 1.165) is 34.6 Å². The molecule has 1 aliphatic rings. The van der Waals surface area contributed by atoms with Gasteiger partial charge in [-0.25, -0.2) is 24.8 Å². The van der Waals surface area contributed by atoms with Gasteiger partial charge in [-0.3, -0.25) is 0 Å². The molecule has 8 heteroatoms. The van der Waals surface area contributed by atoms with Crippen molar-refractivity contribution >= 4 is 11.3 Å². The normalized spacial score (nSPS) is 15.0. The Balaban J connectivity index is 2.17. The molecule has 1 aliphatic heterocycles. The van der Waals surface area contributed by atoms with Crippen LogP contribution in [0.3, 0.4) is 0 Å². The van der Waals surface area contributed by atoms with Crippen molar-refractivity contribution in [3.05, 3.63) is 31.5 Å². The molecule has 0 unspecified atom stereocenters. The van der Waals surface area contributed by atoms with Gasteiger partial charge in [0.1, 0.15) is 0 Å². The lowest BCUT2D eigenvalue weighted by Crippen LogP contribution is -2.24. The van der Waals surface area contributed by atoms with Crippen molar-refractivity contribution < 1.29 is 0 Å². The van der Waals surface area contributed by atoms with Crippen LogP contribution in [-0.4, -0.2) is 26.3 Å². The summed E-state index contributed by atoms with van der Waals surface area (Å²) in [6.45, 7) is 1.64. The smallest absolute Gasteiger partial charge is 0.311 e. The highest BCUT2D eigenvalue weighted by molar-refractivity contribution is 7.14. The van der Waals surface area contributed by atoms with E-state index in [4.69, 9.17) is 0 Å². The summed E-state index contributed by atoms with van der Waals surface area (Å²) in [7, 11) is 0. The number of fused-ring (bicyclic) bond motifs is 1. The first-order chi connectivity index (χ1) is 7.75. The third-order valence-electron chi connectivity index (χ3n) is 2.46. The van der Waals surface area contributed by atoms with Crippen LogP contribution < -0.4 is 16.7 Å². The van der Waals surface area contributed by atoms with Gasteiger partial charge in [0.2, 0.25) is 5.13 Å². The Labute approximate surface area is 93.1 Å². The van der Waals surface area contributed by atoms with E-state index in [-0.39, 0.29) is 0 Å². The highest BCUT2D eigenvalue weighted by Crippen LogP contribution is 2.22. The van der Waals surface area contributed by atoms with E-state index in [1.54, 1.807) is 0 Å². The monoisotopic (exact) mass is 239 g/mol. The highest BCUT2D eigenvalue weighted by atomic mass is 32.1. The SMILES string of the molecule is O=c1[nH][nH]c(=O)n1-c1nc2c(s1)CNCC2. The van der Waals surface area contributed by atoms with Crippen LogP contribution in [0, 0.1) is 0 Å². The van der Waals surface area contributed by atoms with E-state index in [1.165, 1.54) is 11.3 Å². The van der Waals surface area contributed by atoms with Crippen LogP contribution in [0.5, 0.6) is 0 Å². The number of hydrogen-bond donors (Lipinski definition) is 3. The van der Waals surface area contributed by atoms with Gasteiger partial charge in [0.05, 0.1) is 5.69 Å². The third-order valence-corrected chi connectivity index (χ3v) is 3.55. The lowest BCUT2D eigenvalue weighted by molar-refractivity contribution is 0.643. The molecule has 2 aromatic heterocycles. The zero-order valence-electron chi connectivity index (χ0n) is 8.24. The van der Waals surface area contributed by atoms with Crippen molar-refractivity contribution in [2.24, 2.45) is 0 Å². The maximum atomic E-state index is 11.4. The van der Waals surface area contributed by atoms with E-state index < -0.39 is 11.4 Å². The Hall–Kier alpha value is -1.67. The van der Waals surface area contributed by atoms with Crippen LogP contribution in [0.25, 0.3) is 5.13 Å². The molecule has 3 N–H and O–H groups in total. The molecule has 0 aromatic carbocycles. The number of nitrogens with one attached hydrogen (secondary N) is 3. The molecule has 84 valence electrons. The molecule has 0 bridgehead atoms. The van der Waals surface area contributed by atoms with Gasteiger partial charge in [0.15, 0.2) is 0 Å². The first-order valence-electron chi connectivity index (χ1n) is 4.85. The summed E-state index contributed by atoms with van der Waals surface area (Å²) in [6, 6.07) is 0. The molecule has 16 heavy (non-hydrogen) atoms. The van der Waals surface area contributed by atoms with Crippen LogP contribution in [0.2, 0.25) is 0 Å². The number of aromatic amines is 2. The van der Waals surface area contributed by atoms with E-state index in [9.17, 15) is 9.59 Å².